The van der Waals surface area contributed by atoms with Crippen molar-refractivity contribution in [3.8, 4) is 0 Å². The van der Waals surface area contributed by atoms with Crippen LogP contribution in [0.5, 0.6) is 0 Å². The van der Waals surface area contributed by atoms with Crippen molar-refractivity contribution in [2.45, 2.75) is 44.3 Å². The molecule has 4 nitrogen and oxygen atoms in total. The average molecular weight is 369 g/mol. The molecule has 3 rings (SSSR count). The summed E-state index contributed by atoms with van der Waals surface area (Å²) in [5.41, 5.74) is 6.33. The van der Waals surface area contributed by atoms with Crippen molar-refractivity contribution in [1.29, 1.82) is 0 Å². The number of nitrogens with two attached hydrogens (primary N) is 1. The standard InChI is InChI=1S/C17H18F3N3OS/c1-9(21)15(24)23-16-22-14(11-5-6-11)13(25-16)8-10-3-2-4-12(7-10)17(18,19)20/h2-4,7,9,11H,5-6,8,21H2,1H3,(H,22,23,24)/t9-/m0/s1. The van der Waals surface area contributed by atoms with Gasteiger partial charge in [0.25, 0.3) is 0 Å². The van der Waals surface area contributed by atoms with Crippen LogP contribution in [0.25, 0.3) is 0 Å². The zero-order valence-corrected chi connectivity index (χ0v) is 14.4. The molecule has 0 radical (unpaired) electrons. The maximum Gasteiger partial charge on any atom is 0.416 e. The summed E-state index contributed by atoms with van der Waals surface area (Å²) in [5, 5.41) is 3.12. The Balaban J connectivity index is 1.84. The van der Waals surface area contributed by atoms with Crippen molar-refractivity contribution < 1.29 is 18.0 Å². The molecule has 134 valence electrons. The van der Waals surface area contributed by atoms with E-state index < -0.39 is 17.8 Å². The van der Waals surface area contributed by atoms with Crippen molar-refractivity contribution in [3.63, 3.8) is 0 Å². The van der Waals surface area contributed by atoms with E-state index in [1.165, 1.54) is 17.4 Å². The molecule has 0 unspecified atom stereocenters. The molecule has 1 aromatic carbocycles. The number of nitrogens with one attached hydrogen (secondary N) is 1. The highest BCUT2D eigenvalue weighted by Crippen LogP contribution is 2.44. The number of carbonyl (C=O) groups excluding carboxylic acids is 1. The molecule has 3 N–H and O–H groups in total. The molecule has 1 fully saturated rings. The molecule has 1 amide bonds. The number of alkyl halides is 3. The quantitative estimate of drug-likeness (QED) is 0.839. The Morgan fingerprint density at radius 2 is 2.16 bits per heavy atom. The number of hydrogen-bond acceptors (Lipinski definition) is 4. The second kappa shape index (κ2) is 6.76. The van der Waals surface area contributed by atoms with Crippen LogP contribution in [-0.4, -0.2) is 16.9 Å². The maximum absolute atomic E-state index is 12.9. The van der Waals surface area contributed by atoms with Gasteiger partial charge in [0.2, 0.25) is 5.91 Å². The largest absolute Gasteiger partial charge is 0.416 e. The Morgan fingerprint density at radius 1 is 1.44 bits per heavy atom. The lowest BCUT2D eigenvalue weighted by Gasteiger charge is -2.08. The molecule has 0 saturated heterocycles. The lowest BCUT2D eigenvalue weighted by Crippen LogP contribution is -2.32. The van der Waals surface area contributed by atoms with Gasteiger partial charge in [-0.15, -0.1) is 11.3 Å². The van der Waals surface area contributed by atoms with Crippen molar-refractivity contribution in [2.24, 2.45) is 5.73 Å². The molecule has 0 bridgehead atoms. The minimum atomic E-state index is -4.36. The predicted molar refractivity (Wildman–Crippen MR) is 90.6 cm³/mol. The first-order chi connectivity index (χ1) is 11.7. The Bertz CT molecular complexity index is 782. The topological polar surface area (TPSA) is 68.0 Å². The van der Waals surface area contributed by atoms with E-state index in [9.17, 15) is 18.0 Å². The number of thiazole rings is 1. The number of carbonyl (C=O) groups is 1. The van der Waals surface area contributed by atoms with E-state index in [2.05, 4.69) is 10.3 Å². The van der Waals surface area contributed by atoms with Crippen molar-refractivity contribution >= 4 is 22.4 Å². The van der Waals surface area contributed by atoms with Gasteiger partial charge >= 0.3 is 6.18 Å². The number of aromatic nitrogens is 1. The van der Waals surface area contributed by atoms with Gasteiger partial charge < -0.3 is 11.1 Å². The fourth-order valence-corrected chi connectivity index (χ4v) is 3.57. The van der Waals surface area contributed by atoms with E-state index in [-0.39, 0.29) is 5.91 Å². The minimum absolute atomic E-state index is 0.331. The molecule has 1 heterocycles. The Kier molecular flexibility index (Phi) is 4.83. The summed E-state index contributed by atoms with van der Waals surface area (Å²) in [5.74, 6) is -0.000262. The van der Waals surface area contributed by atoms with Gasteiger partial charge in [-0.2, -0.15) is 13.2 Å². The van der Waals surface area contributed by atoms with Gasteiger partial charge in [-0.3, -0.25) is 4.79 Å². The summed E-state index contributed by atoms with van der Waals surface area (Å²) < 4.78 is 38.6. The van der Waals surface area contributed by atoms with Crippen LogP contribution >= 0.6 is 11.3 Å². The number of amides is 1. The van der Waals surface area contributed by atoms with Crippen LogP contribution in [0, 0.1) is 0 Å². The van der Waals surface area contributed by atoms with Crippen molar-refractivity contribution in [1.82, 2.24) is 4.98 Å². The van der Waals surface area contributed by atoms with Crippen LogP contribution in [0.1, 0.15) is 47.4 Å². The number of anilines is 1. The van der Waals surface area contributed by atoms with E-state index in [0.29, 0.717) is 23.0 Å². The number of rotatable bonds is 5. The monoisotopic (exact) mass is 369 g/mol. The lowest BCUT2D eigenvalue weighted by atomic mass is 10.1. The third-order valence-electron chi connectivity index (χ3n) is 3.95. The zero-order chi connectivity index (χ0) is 18.2. The molecule has 1 aromatic heterocycles. The Morgan fingerprint density at radius 3 is 2.76 bits per heavy atom. The number of nitrogens with zero attached hydrogens (tertiary/aromatic N) is 1. The van der Waals surface area contributed by atoms with Crippen molar-refractivity contribution in [2.75, 3.05) is 5.32 Å². The van der Waals surface area contributed by atoms with Crippen LogP contribution in [0.2, 0.25) is 0 Å². The molecule has 8 heteroatoms. The van der Waals surface area contributed by atoms with E-state index in [1.807, 2.05) is 0 Å². The Hall–Kier alpha value is -1.93. The molecule has 1 saturated carbocycles. The highest BCUT2D eigenvalue weighted by atomic mass is 32.1. The van der Waals surface area contributed by atoms with Gasteiger partial charge in [0.05, 0.1) is 17.3 Å². The van der Waals surface area contributed by atoms with Crippen LogP contribution in [0.15, 0.2) is 24.3 Å². The Labute approximate surface area is 147 Å². The normalized spacial score (nSPS) is 15.9. The highest BCUT2D eigenvalue weighted by Gasteiger charge is 2.32. The van der Waals surface area contributed by atoms with E-state index in [4.69, 9.17) is 5.73 Å². The molecule has 1 aliphatic rings. The minimum Gasteiger partial charge on any atom is -0.320 e. The smallest absolute Gasteiger partial charge is 0.320 e. The molecule has 1 aliphatic carbocycles. The highest BCUT2D eigenvalue weighted by molar-refractivity contribution is 7.15. The summed E-state index contributed by atoms with van der Waals surface area (Å²) in [4.78, 5) is 17.1. The summed E-state index contributed by atoms with van der Waals surface area (Å²) in [6.07, 6.45) is -1.97. The third-order valence-corrected chi connectivity index (χ3v) is 4.94. The van der Waals surface area contributed by atoms with Gasteiger partial charge in [-0.05, 0) is 31.4 Å². The van der Waals surface area contributed by atoms with Gasteiger partial charge in [0, 0.05) is 17.2 Å². The summed E-state index contributed by atoms with van der Waals surface area (Å²) >= 11 is 1.30. The van der Waals surface area contributed by atoms with Crippen LogP contribution in [0.3, 0.4) is 0 Å². The molecule has 25 heavy (non-hydrogen) atoms. The van der Waals surface area contributed by atoms with Crippen LogP contribution in [-0.2, 0) is 17.4 Å². The van der Waals surface area contributed by atoms with Crippen LogP contribution in [0.4, 0.5) is 18.3 Å². The molecule has 2 aromatic rings. The van der Waals surface area contributed by atoms with E-state index >= 15 is 0 Å². The molecule has 0 aliphatic heterocycles. The first-order valence-electron chi connectivity index (χ1n) is 7.96. The van der Waals surface area contributed by atoms with Gasteiger partial charge in [-0.25, -0.2) is 4.98 Å². The second-order valence-corrected chi connectivity index (χ2v) is 7.34. The van der Waals surface area contributed by atoms with E-state index in [1.54, 1.807) is 13.0 Å². The molecular weight excluding hydrogens is 351 g/mol. The SMILES string of the molecule is C[C@H](N)C(=O)Nc1nc(C2CC2)c(Cc2cccc(C(F)(F)F)c2)s1. The molecular formula is C17H18F3N3OS. The average Bonchev–Trinajstić information content (AvgIpc) is 3.30. The lowest BCUT2D eigenvalue weighted by molar-refractivity contribution is -0.137. The van der Waals surface area contributed by atoms with Gasteiger partial charge in [-0.1, -0.05) is 18.2 Å². The first kappa shape index (κ1) is 17.9. The van der Waals surface area contributed by atoms with Crippen LogP contribution < -0.4 is 11.1 Å². The number of benzene rings is 1. The number of hydrogen-bond donors (Lipinski definition) is 2. The maximum atomic E-state index is 12.9. The van der Waals surface area contributed by atoms with Gasteiger partial charge in [0.1, 0.15) is 0 Å². The summed E-state index contributed by atoms with van der Waals surface area (Å²) in [6.45, 7) is 1.58. The van der Waals surface area contributed by atoms with E-state index in [0.717, 1.165) is 35.5 Å². The summed E-state index contributed by atoms with van der Waals surface area (Å²) in [6, 6.07) is 4.66. The third kappa shape index (κ3) is 4.38. The summed E-state index contributed by atoms with van der Waals surface area (Å²) in [7, 11) is 0. The molecule has 1 atom stereocenters. The first-order valence-corrected chi connectivity index (χ1v) is 8.78. The van der Waals surface area contributed by atoms with Gasteiger partial charge in [0.15, 0.2) is 5.13 Å². The fourth-order valence-electron chi connectivity index (χ4n) is 2.48. The fraction of sp³-hybridized carbons (Fsp3) is 0.412. The van der Waals surface area contributed by atoms with Crippen molar-refractivity contribution in [3.05, 3.63) is 46.0 Å². The second-order valence-electron chi connectivity index (χ2n) is 6.25. The molecule has 0 spiro atoms. The number of halogens is 3. The zero-order valence-electron chi connectivity index (χ0n) is 13.6. The predicted octanol–water partition coefficient (Wildman–Crippen LogP) is 3.92.